The third kappa shape index (κ3) is 9.67. The molecule has 0 amide bonds. The first-order valence-electron chi connectivity index (χ1n) is 11.9. The molecule has 0 aliphatic heterocycles. The van der Waals surface area contributed by atoms with Gasteiger partial charge in [-0.3, -0.25) is 0 Å². The van der Waals surface area contributed by atoms with Gasteiger partial charge in [0.1, 0.15) is 5.82 Å². The first-order chi connectivity index (χ1) is 18.1. The number of nitrogens with one attached hydrogen (secondary N) is 3. The van der Waals surface area contributed by atoms with Crippen LogP contribution in [0.5, 0.6) is 11.5 Å². The molecule has 0 aliphatic carbocycles. The van der Waals surface area contributed by atoms with Gasteiger partial charge in [0.05, 0.1) is 40.6 Å². The lowest BCUT2D eigenvalue weighted by Crippen LogP contribution is -2.17. The van der Waals surface area contributed by atoms with Crippen molar-refractivity contribution in [2.24, 2.45) is 5.73 Å². The van der Waals surface area contributed by atoms with Crippen LogP contribution < -0.4 is 31.2 Å². The van der Waals surface area contributed by atoms with Crippen LogP contribution in [-0.4, -0.2) is 68.7 Å². The number of methoxy groups -OCH3 is 2. The number of hydrogen-bond donors (Lipinski definition) is 4. The van der Waals surface area contributed by atoms with Gasteiger partial charge in [0, 0.05) is 26.2 Å². The Balaban J connectivity index is 1.62. The van der Waals surface area contributed by atoms with E-state index < -0.39 is 0 Å². The van der Waals surface area contributed by atoms with Gasteiger partial charge in [0.15, 0.2) is 11.5 Å². The molecule has 5 N–H and O–H groups in total. The van der Waals surface area contributed by atoms with E-state index in [1.807, 2.05) is 18.2 Å². The van der Waals surface area contributed by atoms with E-state index in [-0.39, 0.29) is 5.82 Å². The van der Waals surface area contributed by atoms with Crippen LogP contribution in [0.3, 0.4) is 0 Å². The lowest BCUT2D eigenvalue weighted by molar-refractivity contribution is 0.0547. The minimum atomic E-state index is -0.287. The molecule has 0 radical (unpaired) electrons. The molecule has 0 aliphatic rings. The molecular weight excluding hydrogens is 481 g/mol. The number of halogens is 1. The molecule has 11 nitrogen and oxygen atoms in total. The van der Waals surface area contributed by atoms with Gasteiger partial charge in [-0.15, -0.1) is 0 Å². The zero-order chi connectivity index (χ0) is 26.3. The highest BCUT2D eigenvalue weighted by Gasteiger charge is 2.09. The number of nitrogens with zero attached hydrogens (tertiary/aromatic N) is 3. The van der Waals surface area contributed by atoms with Crippen LogP contribution in [0, 0.1) is 5.82 Å². The summed E-state index contributed by atoms with van der Waals surface area (Å²) in [5.74, 6) is 2.13. The third-order valence-electron chi connectivity index (χ3n) is 5.06. The van der Waals surface area contributed by atoms with Crippen LogP contribution in [0.4, 0.5) is 22.2 Å². The zero-order valence-corrected chi connectivity index (χ0v) is 21.1. The van der Waals surface area contributed by atoms with Gasteiger partial charge in [-0.05, 0) is 35.4 Å². The van der Waals surface area contributed by atoms with Gasteiger partial charge in [0.2, 0.25) is 17.8 Å². The summed E-state index contributed by atoms with van der Waals surface area (Å²) in [6.07, 6.45) is 0. The molecule has 2 aromatic carbocycles. The van der Waals surface area contributed by atoms with E-state index in [1.165, 1.54) is 12.1 Å². The lowest BCUT2D eigenvalue weighted by atomic mass is 10.2. The van der Waals surface area contributed by atoms with Crippen molar-refractivity contribution in [3.8, 4) is 11.5 Å². The SMILES string of the molecule is COc1ccc(CNc2nc(NCCOCCOCCN)nc(NCc3ccc(F)cc3)n2)cc1OC. The quantitative estimate of drug-likeness (QED) is 0.197. The topological polar surface area (TPSA) is 138 Å². The van der Waals surface area contributed by atoms with Crippen LogP contribution in [-0.2, 0) is 22.6 Å². The number of anilines is 3. The number of aromatic nitrogens is 3. The van der Waals surface area contributed by atoms with Crippen molar-refractivity contribution >= 4 is 17.8 Å². The van der Waals surface area contributed by atoms with Crippen LogP contribution in [0.1, 0.15) is 11.1 Å². The molecular formula is C25H34FN7O4. The van der Waals surface area contributed by atoms with Crippen molar-refractivity contribution in [3.63, 3.8) is 0 Å². The first kappa shape index (κ1) is 27.8. The molecule has 3 aromatic rings. The number of nitrogens with two attached hydrogens (primary N) is 1. The Morgan fingerprint density at radius 1 is 0.703 bits per heavy atom. The molecule has 0 saturated heterocycles. The number of ether oxygens (including phenoxy) is 4. The second kappa shape index (κ2) is 15.4. The molecule has 0 atom stereocenters. The zero-order valence-electron chi connectivity index (χ0n) is 21.1. The Morgan fingerprint density at radius 3 is 1.89 bits per heavy atom. The molecule has 3 rings (SSSR count). The Morgan fingerprint density at radius 2 is 1.27 bits per heavy atom. The maximum Gasteiger partial charge on any atom is 0.229 e. The Bertz CT molecular complexity index is 1090. The molecule has 0 fully saturated rings. The maximum absolute atomic E-state index is 13.2. The minimum absolute atomic E-state index is 0.287. The van der Waals surface area contributed by atoms with Gasteiger partial charge in [0.25, 0.3) is 0 Å². The number of rotatable bonds is 17. The second-order valence-corrected chi connectivity index (χ2v) is 7.77. The predicted molar refractivity (Wildman–Crippen MR) is 140 cm³/mol. The predicted octanol–water partition coefficient (Wildman–Crippen LogP) is 2.66. The Hall–Kier alpha value is -3.74. The summed E-state index contributed by atoms with van der Waals surface area (Å²) in [7, 11) is 3.19. The highest BCUT2D eigenvalue weighted by molar-refractivity contribution is 5.46. The van der Waals surface area contributed by atoms with Crippen molar-refractivity contribution in [2.45, 2.75) is 13.1 Å². The number of hydrogen-bond acceptors (Lipinski definition) is 11. The second-order valence-electron chi connectivity index (χ2n) is 7.77. The molecule has 12 heteroatoms. The highest BCUT2D eigenvalue weighted by atomic mass is 19.1. The molecule has 0 saturated carbocycles. The minimum Gasteiger partial charge on any atom is -0.493 e. The first-order valence-corrected chi connectivity index (χ1v) is 11.9. The molecule has 200 valence electrons. The van der Waals surface area contributed by atoms with Gasteiger partial charge in [-0.1, -0.05) is 18.2 Å². The summed E-state index contributed by atoms with van der Waals surface area (Å²) in [4.78, 5) is 13.4. The van der Waals surface area contributed by atoms with E-state index in [4.69, 9.17) is 24.7 Å². The van der Waals surface area contributed by atoms with Crippen molar-refractivity contribution in [2.75, 3.05) is 69.7 Å². The average molecular weight is 516 g/mol. The maximum atomic E-state index is 13.2. The average Bonchev–Trinajstić information content (AvgIpc) is 2.92. The molecule has 0 unspecified atom stereocenters. The molecule has 1 heterocycles. The van der Waals surface area contributed by atoms with Crippen molar-refractivity contribution in [1.82, 2.24) is 15.0 Å². The third-order valence-corrected chi connectivity index (χ3v) is 5.06. The van der Waals surface area contributed by atoms with Crippen LogP contribution >= 0.6 is 0 Å². The monoisotopic (exact) mass is 515 g/mol. The van der Waals surface area contributed by atoms with Gasteiger partial charge < -0.3 is 40.6 Å². The van der Waals surface area contributed by atoms with Crippen molar-refractivity contribution < 1.29 is 23.3 Å². The van der Waals surface area contributed by atoms with Crippen LogP contribution in [0.25, 0.3) is 0 Å². The van der Waals surface area contributed by atoms with E-state index in [0.29, 0.717) is 82.0 Å². The Kier molecular flexibility index (Phi) is 11.6. The number of benzene rings is 2. The van der Waals surface area contributed by atoms with Crippen LogP contribution in [0.2, 0.25) is 0 Å². The summed E-state index contributed by atoms with van der Waals surface area (Å²) >= 11 is 0. The summed E-state index contributed by atoms with van der Waals surface area (Å²) in [5.41, 5.74) is 7.24. The van der Waals surface area contributed by atoms with E-state index in [2.05, 4.69) is 30.9 Å². The molecule has 0 spiro atoms. The highest BCUT2D eigenvalue weighted by Crippen LogP contribution is 2.27. The molecule has 0 bridgehead atoms. The van der Waals surface area contributed by atoms with Gasteiger partial charge in [-0.2, -0.15) is 15.0 Å². The van der Waals surface area contributed by atoms with E-state index in [1.54, 1.807) is 26.4 Å². The molecule has 37 heavy (non-hydrogen) atoms. The van der Waals surface area contributed by atoms with Crippen molar-refractivity contribution in [1.29, 1.82) is 0 Å². The van der Waals surface area contributed by atoms with Gasteiger partial charge in [-0.25, -0.2) is 4.39 Å². The standard InChI is InChI=1S/C25H34FN7O4/c1-34-21-8-5-19(15-22(21)35-2)17-30-25-32-23(28-10-12-37-14-13-36-11-9-27)31-24(33-25)29-16-18-3-6-20(26)7-4-18/h3-8,15H,9-14,16-17,27H2,1-2H3,(H3,28,29,30,31,32,33). The van der Waals surface area contributed by atoms with E-state index >= 15 is 0 Å². The van der Waals surface area contributed by atoms with Crippen molar-refractivity contribution in [3.05, 3.63) is 59.4 Å². The fourth-order valence-corrected chi connectivity index (χ4v) is 3.21. The van der Waals surface area contributed by atoms with Gasteiger partial charge >= 0.3 is 0 Å². The fraction of sp³-hybridized carbons (Fsp3) is 0.400. The summed E-state index contributed by atoms with van der Waals surface area (Å²) in [5, 5.41) is 9.53. The normalized spacial score (nSPS) is 10.7. The Labute approximate surface area is 215 Å². The summed E-state index contributed by atoms with van der Waals surface area (Å²) in [6.45, 7) is 3.78. The summed E-state index contributed by atoms with van der Waals surface area (Å²) < 4.78 is 34.7. The fourth-order valence-electron chi connectivity index (χ4n) is 3.21. The molecule has 1 aromatic heterocycles. The lowest BCUT2D eigenvalue weighted by Gasteiger charge is -2.13. The van der Waals surface area contributed by atoms with E-state index in [9.17, 15) is 4.39 Å². The van der Waals surface area contributed by atoms with Crippen LogP contribution in [0.15, 0.2) is 42.5 Å². The smallest absolute Gasteiger partial charge is 0.229 e. The van der Waals surface area contributed by atoms with E-state index in [0.717, 1.165) is 11.1 Å². The largest absolute Gasteiger partial charge is 0.493 e. The summed E-state index contributed by atoms with van der Waals surface area (Å²) in [6, 6.07) is 11.9.